The predicted molar refractivity (Wildman–Crippen MR) is 83.5 cm³/mol. The zero-order valence-electron chi connectivity index (χ0n) is 10.4. The Hall–Kier alpha value is -2.46. The number of hydrogen-bond acceptors (Lipinski definition) is 3. The van der Waals surface area contributed by atoms with E-state index in [1.165, 1.54) is 10.1 Å². The minimum atomic E-state index is -0.305. The summed E-state index contributed by atoms with van der Waals surface area (Å²) in [4.78, 5) is 11.0. The molecule has 96 valence electrons. The van der Waals surface area contributed by atoms with Crippen molar-refractivity contribution >= 4 is 48.7 Å². The van der Waals surface area contributed by atoms with Gasteiger partial charge in [0.05, 0.1) is 10.3 Å². The number of thiophene rings is 1. The van der Waals surface area contributed by atoms with E-state index in [9.17, 15) is 10.1 Å². The smallest absolute Gasteiger partial charge is 0.258 e. The molecule has 20 heavy (non-hydrogen) atoms. The molecule has 0 amide bonds. The van der Waals surface area contributed by atoms with E-state index < -0.39 is 0 Å². The molecule has 3 aromatic carbocycles. The monoisotopic (exact) mass is 279 g/mol. The molecule has 0 radical (unpaired) electrons. The van der Waals surface area contributed by atoms with Gasteiger partial charge in [-0.25, -0.2) is 0 Å². The van der Waals surface area contributed by atoms with Crippen LogP contribution in [0.4, 0.5) is 5.69 Å². The Morgan fingerprint density at radius 2 is 1.70 bits per heavy atom. The second-order valence-electron chi connectivity index (χ2n) is 4.70. The minimum absolute atomic E-state index is 0.170. The van der Waals surface area contributed by atoms with Crippen molar-refractivity contribution in [3.05, 3.63) is 64.0 Å². The fourth-order valence-electron chi connectivity index (χ4n) is 2.75. The molecular formula is C16H9NO2S. The molecule has 0 unspecified atom stereocenters. The predicted octanol–water partition coefficient (Wildman–Crippen LogP) is 5.12. The molecule has 0 aliphatic carbocycles. The number of non-ortho nitro benzene ring substituents is 1. The zero-order valence-corrected chi connectivity index (χ0v) is 11.2. The van der Waals surface area contributed by atoms with Crippen LogP contribution in [0.2, 0.25) is 0 Å². The third-order valence-corrected chi connectivity index (χ3v) is 4.59. The number of nitrogens with zero attached hydrogens (tertiary/aromatic N) is 1. The topological polar surface area (TPSA) is 43.1 Å². The van der Waals surface area contributed by atoms with E-state index >= 15 is 0 Å². The Morgan fingerprint density at radius 3 is 2.55 bits per heavy atom. The lowest BCUT2D eigenvalue weighted by molar-refractivity contribution is -0.383. The largest absolute Gasteiger partial charge is 0.277 e. The first kappa shape index (κ1) is 11.4. The molecule has 0 bridgehead atoms. The van der Waals surface area contributed by atoms with Crippen LogP contribution >= 0.6 is 11.3 Å². The van der Waals surface area contributed by atoms with Gasteiger partial charge in [0.25, 0.3) is 5.69 Å². The van der Waals surface area contributed by atoms with Crippen LogP contribution in [0.1, 0.15) is 0 Å². The molecule has 4 heteroatoms. The second-order valence-corrected chi connectivity index (χ2v) is 5.61. The van der Waals surface area contributed by atoms with Gasteiger partial charge in [0.2, 0.25) is 0 Å². The fraction of sp³-hybridized carbons (Fsp3) is 0. The first-order valence-electron chi connectivity index (χ1n) is 6.22. The van der Waals surface area contributed by atoms with Gasteiger partial charge in [-0.2, -0.15) is 0 Å². The van der Waals surface area contributed by atoms with E-state index in [1.54, 1.807) is 23.5 Å². The second kappa shape index (κ2) is 4.02. The van der Waals surface area contributed by atoms with Gasteiger partial charge < -0.3 is 0 Å². The summed E-state index contributed by atoms with van der Waals surface area (Å²) in [5.41, 5.74) is 0.170. The summed E-state index contributed by atoms with van der Waals surface area (Å²) in [6.45, 7) is 0. The van der Waals surface area contributed by atoms with Crippen molar-refractivity contribution in [3.8, 4) is 0 Å². The number of nitro groups is 1. The molecule has 4 aromatic rings. The summed E-state index contributed by atoms with van der Waals surface area (Å²) in [7, 11) is 0. The van der Waals surface area contributed by atoms with Crippen molar-refractivity contribution in [2.75, 3.05) is 0 Å². The van der Waals surface area contributed by atoms with Crippen molar-refractivity contribution < 1.29 is 4.92 Å². The number of rotatable bonds is 1. The normalized spacial score (nSPS) is 11.4. The highest BCUT2D eigenvalue weighted by Gasteiger charge is 2.15. The SMILES string of the molecule is O=[N+]([O-])c1cccc2ccc3c(ccc4ccsc43)c12. The molecular weight excluding hydrogens is 270 g/mol. The molecule has 0 atom stereocenters. The van der Waals surface area contributed by atoms with Gasteiger partial charge >= 0.3 is 0 Å². The van der Waals surface area contributed by atoms with Crippen LogP contribution in [-0.2, 0) is 0 Å². The summed E-state index contributed by atoms with van der Waals surface area (Å²) < 4.78 is 1.18. The van der Waals surface area contributed by atoms with E-state index in [1.807, 2.05) is 29.6 Å². The minimum Gasteiger partial charge on any atom is -0.258 e. The summed E-state index contributed by atoms with van der Waals surface area (Å²) >= 11 is 1.67. The zero-order chi connectivity index (χ0) is 13.7. The van der Waals surface area contributed by atoms with Crippen molar-refractivity contribution in [1.82, 2.24) is 0 Å². The first-order valence-corrected chi connectivity index (χ1v) is 7.10. The highest BCUT2D eigenvalue weighted by atomic mass is 32.1. The fourth-order valence-corrected chi connectivity index (χ4v) is 3.68. The van der Waals surface area contributed by atoms with Crippen LogP contribution in [0, 0.1) is 10.1 Å². The quantitative estimate of drug-likeness (QED) is 0.276. The Balaban J connectivity index is 2.31. The molecule has 0 N–H and O–H groups in total. The summed E-state index contributed by atoms with van der Waals surface area (Å²) in [5.74, 6) is 0. The van der Waals surface area contributed by atoms with Gasteiger partial charge in [0.1, 0.15) is 0 Å². The van der Waals surface area contributed by atoms with Crippen LogP contribution in [0.25, 0.3) is 31.6 Å². The third-order valence-electron chi connectivity index (χ3n) is 3.63. The molecule has 1 aromatic heterocycles. The van der Waals surface area contributed by atoms with Crippen LogP contribution in [-0.4, -0.2) is 4.92 Å². The van der Waals surface area contributed by atoms with E-state index in [0.717, 1.165) is 21.5 Å². The number of fused-ring (bicyclic) bond motifs is 5. The van der Waals surface area contributed by atoms with Crippen LogP contribution < -0.4 is 0 Å². The average molecular weight is 279 g/mol. The molecule has 3 nitrogen and oxygen atoms in total. The number of hydrogen-bond donors (Lipinski definition) is 0. The summed E-state index contributed by atoms with van der Waals surface area (Å²) in [5, 5.41) is 18.2. The Morgan fingerprint density at radius 1 is 0.900 bits per heavy atom. The Labute approximate surface area is 118 Å². The Bertz CT molecular complexity index is 988. The number of nitro benzene ring substituents is 1. The first-order chi connectivity index (χ1) is 9.75. The van der Waals surface area contributed by atoms with Gasteiger partial charge in [-0.1, -0.05) is 36.4 Å². The lowest BCUT2D eigenvalue weighted by Gasteiger charge is -2.05. The van der Waals surface area contributed by atoms with E-state index in [-0.39, 0.29) is 10.6 Å². The van der Waals surface area contributed by atoms with Crippen LogP contribution in [0.5, 0.6) is 0 Å². The number of benzene rings is 3. The average Bonchev–Trinajstić information content (AvgIpc) is 2.94. The third kappa shape index (κ3) is 1.45. The standard InChI is InChI=1S/C16H9NO2S/c18-17(19)14-3-1-2-10-4-7-13-12(15(10)14)6-5-11-8-9-20-16(11)13/h1-9H. The lowest BCUT2D eigenvalue weighted by atomic mass is 10.00. The van der Waals surface area contributed by atoms with Crippen LogP contribution in [0.15, 0.2) is 53.9 Å². The summed E-state index contributed by atoms with van der Waals surface area (Å²) in [6, 6.07) is 15.3. The van der Waals surface area contributed by atoms with Gasteiger partial charge in [-0.15, -0.1) is 11.3 Å². The van der Waals surface area contributed by atoms with Gasteiger partial charge in [0.15, 0.2) is 0 Å². The van der Waals surface area contributed by atoms with Gasteiger partial charge in [-0.3, -0.25) is 10.1 Å². The van der Waals surface area contributed by atoms with Crippen LogP contribution in [0.3, 0.4) is 0 Å². The van der Waals surface area contributed by atoms with Gasteiger partial charge in [0, 0.05) is 16.2 Å². The van der Waals surface area contributed by atoms with Crippen molar-refractivity contribution in [2.24, 2.45) is 0 Å². The summed E-state index contributed by atoms with van der Waals surface area (Å²) in [6.07, 6.45) is 0. The van der Waals surface area contributed by atoms with Gasteiger partial charge in [-0.05, 0) is 27.6 Å². The highest BCUT2D eigenvalue weighted by molar-refractivity contribution is 7.18. The van der Waals surface area contributed by atoms with E-state index in [0.29, 0.717) is 0 Å². The molecule has 0 saturated carbocycles. The maximum absolute atomic E-state index is 11.3. The highest BCUT2D eigenvalue weighted by Crippen LogP contribution is 2.37. The molecule has 0 fully saturated rings. The lowest BCUT2D eigenvalue weighted by Crippen LogP contribution is -1.90. The Kier molecular flexibility index (Phi) is 2.28. The molecule has 1 heterocycles. The maximum Gasteiger partial charge on any atom is 0.277 e. The van der Waals surface area contributed by atoms with Crippen molar-refractivity contribution in [3.63, 3.8) is 0 Å². The van der Waals surface area contributed by atoms with Crippen molar-refractivity contribution in [1.29, 1.82) is 0 Å². The molecule has 0 spiro atoms. The molecule has 0 aliphatic heterocycles. The van der Waals surface area contributed by atoms with E-state index in [4.69, 9.17) is 0 Å². The maximum atomic E-state index is 11.3. The molecule has 4 rings (SSSR count). The van der Waals surface area contributed by atoms with E-state index in [2.05, 4.69) is 12.1 Å². The molecule has 0 saturated heterocycles. The molecule has 0 aliphatic rings. The van der Waals surface area contributed by atoms with Crippen molar-refractivity contribution in [2.45, 2.75) is 0 Å².